The van der Waals surface area contributed by atoms with Crippen LogP contribution < -0.4 is 14.8 Å². The van der Waals surface area contributed by atoms with Crippen LogP contribution in [0, 0.1) is 0 Å². The van der Waals surface area contributed by atoms with Crippen LogP contribution in [0.5, 0.6) is 11.5 Å². The number of nitrogens with one attached hydrogen (secondary N) is 1. The van der Waals surface area contributed by atoms with Crippen LogP contribution in [-0.2, 0) is 0 Å². The van der Waals surface area contributed by atoms with Crippen molar-refractivity contribution in [2.45, 2.75) is 11.9 Å². The van der Waals surface area contributed by atoms with Gasteiger partial charge in [0, 0.05) is 6.07 Å². The summed E-state index contributed by atoms with van der Waals surface area (Å²) in [6.07, 6.45) is 1.61. The van der Waals surface area contributed by atoms with E-state index in [1.165, 1.54) is 0 Å². The SMILES string of the molecule is CCSc1ccc(NC(=O)c2cc(-c3cc(OC)ccc3OC)on2)cn1. The minimum atomic E-state index is -0.385. The van der Waals surface area contributed by atoms with E-state index in [0.717, 1.165) is 10.8 Å². The van der Waals surface area contributed by atoms with Crippen molar-refractivity contribution in [3.63, 3.8) is 0 Å². The molecule has 1 aromatic carbocycles. The van der Waals surface area contributed by atoms with Crippen molar-refractivity contribution >= 4 is 23.4 Å². The number of aromatic nitrogens is 2. The summed E-state index contributed by atoms with van der Waals surface area (Å²) in [6.45, 7) is 2.06. The molecule has 0 fully saturated rings. The summed E-state index contributed by atoms with van der Waals surface area (Å²) in [4.78, 5) is 16.7. The van der Waals surface area contributed by atoms with E-state index in [1.54, 1.807) is 62.5 Å². The second-order valence-corrected chi connectivity index (χ2v) is 6.70. The number of hydrogen-bond donors (Lipinski definition) is 1. The van der Waals surface area contributed by atoms with Crippen LogP contribution in [0.2, 0.25) is 0 Å². The lowest BCUT2D eigenvalue weighted by atomic mass is 10.1. The number of carbonyl (C=O) groups is 1. The Balaban J connectivity index is 1.78. The number of thioether (sulfide) groups is 1. The summed E-state index contributed by atoms with van der Waals surface area (Å²) in [6, 6.07) is 10.5. The first kappa shape index (κ1) is 18.8. The van der Waals surface area contributed by atoms with Gasteiger partial charge in [0.2, 0.25) is 0 Å². The number of anilines is 1. The van der Waals surface area contributed by atoms with E-state index in [9.17, 15) is 4.79 Å². The van der Waals surface area contributed by atoms with Gasteiger partial charge in [0.05, 0.1) is 36.7 Å². The first-order valence-electron chi connectivity index (χ1n) is 8.24. The smallest absolute Gasteiger partial charge is 0.277 e. The first-order valence-corrected chi connectivity index (χ1v) is 9.22. The van der Waals surface area contributed by atoms with Gasteiger partial charge in [-0.25, -0.2) is 4.98 Å². The predicted octanol–water partition coefficient (Wildman–Crippen LogP) is 4.12. The Morgan fingerprint density at radius 3 is 2.70 bits per heavy atom. The molecular weight excluding hydrogens is 366 g/mol. The Labute approximate surface area is 161 Å². The standard InChI is InChI=1S/C19H19N3O4S/c1-4-27-18-8-5-12(11-20-18)21-19(23)15-10-17(26-22-15)14-9-13(24-2)6-7-16(14)25-3/h5-11H,4H2,1-3H3,(H,21,23). The molecular formula is C19H19N3O4S. The highest BCUT2D eigenvalue weighted by Crippen LogP contribution is 2.33. The van der Waals surface area contributed by atoms with Gasteiger partial charge in [-0.05, 0) is 36.1 Å². The van der Waals surface area contributed by atoms with Crippen LogP contribution in [0.3, 0.4) is 0 Å². The molecule has 0 aliphatic rings. The van der Waals surface area contributed by atoms with Crippen molar-refractivity contribution in [2.24, 2.45) is 0 Å². The monoisotopic (exact) mass is 385 g/mol. The number of carbonyl (C=O) groups excluding carboxylic acids is 1. The third kappa shape index (κ3) is 4.40. The zero-order chi connectivity index (χ0) is 19.2. The maximum absolute atomic E-state index is 12.4. The van der Waals surface area contributed by atoms with Crippen molar-refractivity contribution in [3.8, 4) is 22.8 Å². The summed E-state index contributed by atoms with van der Waals surface area (Å²) in [7, 11) is 3.13. The number of ether oxygens (including phenoxy) is 2. The molecule has 0 saturated carbocycles. The van der Waals surface area contributed by atoms with E-state index in [0.29, 0.717) is 28.5 Å². The van der Waals surface area contributed by atoms with Crippen LogP contribution >= 0.6 is 11.8 Å². The molecule has 7 nitrogen and oxygen atoms in total. The molecule has 140 valence electrons. The quantitative estimate of drug-likeness (QED) is 0.612. The Bertz CT molecular complexity index is 925. The molecule has 2 heterocycles. The van der Waals surface area contributed by atoms with Gasteiger partial charge in [0.1, 0.15) is 11.5 Å². The minimum Gasteiger partial charge on any atom is -0.497 e. The van der Waals surface area contributed by atoms with Crippen LogP contribution in [-0.4, -0.2) is 36.0 Å². The zero-order valence-corrected chi connectivity index (χ0v) is 16.0. The van der Waals surface area contributed by atoms with E-state index in [-0.39, 0.29) is 11.6 Å². The molecule has 0 bridgehead atoms. The van der Waals surface area contributed by atoms with Crippen LogP contribution in [0.4, 0.5) is 5.69 Å². The molecule has 3 rings (SSSR count). The van der Waals surface area contributed by atoms with Crippen LogP contribution in [0.15, 0.2) is 52.1 Å². The van der Waals surface area contributed by atoms with Crippen molar-refractivity contribution in [3.05, 3.63) is 48.3 Å². The van der Waals surface area contributed by atoms with Gasteiger partial charge in [-0.1, -0.05) is 12.1 Å². The zero-order valence-electron chi connectivity index (χ0n) is 15.2. The highest BCUT2D eigenvalue weighted by Gasteiger charge is 2.17. The topological polar surface area (TPSA) is 86.5 Å². The Morgan fingerprint density at radius 1 is 1.19 bits per heavy atom. The van der Waals surface area contributed by atoms with Crippen LogP contribution in [0.1, 0.15) is 17.4 Å². The van der Waals surface area contributed by atoms with Crippen molar-refractivity contribution in [1.29, 1.82) is 0 Å². The minimum absolute atomic E-state index is 0.155. The highest BCUT2D eigenvalue weighted by atomic mass is 32.2. The Hall–Kier alpha value is -3.00. The number of pyridine rings is 1. The molecule has 27 heavy (non-hydrogen) atoms. The maximum atomic E-state index is 12.4. The lowest BCUT2D eigenvalue weighted by Crippen LogP contribution is -2.12. The number of nitrogens with zero attached hydrogens (tertiary/aromatic N) is 2. The lowest BCUT2D eigenvalue weighted by Gasteiger charge is -2.07. The molecule has 0 saturated heterocycles. The third-order valence-electron chi connectivity index (χ3n) is 3.70. The van der Waals surface area contributed by atoms with Gasteiger partial charge in [0.15, 0.2) is 11.5 Å². The van der Waals surface area contributed by atoms with Gasteiger partial charge in [-0.3, -0.25) is 4.79 Å². The highest BCUT2D eigenvalue weighted by molar-refractivity contribution is 7.99. The molecule has 3 aromatic rings. The van der Waals surface area contributed by atoms with Gasteiger partial charge < -0.3 is 19.3 Å². The molecule has 0 radical (unpaired) electrons. The summed E-state index contributed by atoms with van der Waals surface area (Å²) < 4.78 is 15.9. The molecule has 1 N–H and O–H groups in total. The molecule has 0 spiro atoms. The number of amides is 1. The van der Waals surface area contributed by atoms with E-state index in [2.05, 4.69) is 22.4 Å². The summed E-state index contributed by atoms with van der Waals surface area (Å²) in [5.41, 5.74) is 1.39. The van der Waals surface area contributed by atoms with Crippen molar-refractivity contribution in [1.82, 2.24) is 10.1 Å². The summed E-state index contributed by atoms with van der Waals surface area (Å²) in [5.74, 6) is 2.19. The average molecular weight is 385 g/mol. The lowest BCUT2D eigenvalue weighted by molar-refractivity contribution is 0.101. The molecule has 0 aliphatic heterocycles. The first-order chi connectivity index (χ1) is 13.1. The van der Waals surface area contributed by atoms with Gasteiger partial charge in [0.25, 0.3) is 5.91 Å². The van der Waals surface area contributed by atoms with Gasteiger partial charge in [-0.2, -0.15) is 0 Å². The molecule has 1 amide bonds. The molecule has 2 aromatic heterocycles. The Morgan fingerprint density at radius 2 is 2.04 bits per heavy atom. The number of benzene rings is 1. The number of rotatable bonds is 7. The summed E-state index contributed by atoms with van der Waals surface area (Å²) in [5, 5.41) is 7.52. The number of methoxy groups -OCH3 is 2. The van der Waals surface area contributed by atoms with E-state index < -0.39 is 0 Å². The van der Waals surface area contributed by atoms with E-state index in [4.69, 9.17) is 14.0 Å². The largest absolute Gasteiger partial charge is 0.497 e. The molecule has 0 aliphatic carbocycles. The van der Waals surface area contributed by atoms with E-state index >= 15 is 0 Å². The molecule has 0 unspecified atom stereocenters. The van der Waals surface area contributed by atoms with Crippen molar-refractivity contribution in [2.75, 3.05) is 25.3 Å². The fourth-order valence-electron chi connectivity index (χ4n) is 2.40. The predicted molar refractivity (Wildman–Crippen MR) is 104 cm³/mol. The average Bonchev–Trinajstić information content (AvgIpc) is 3.19. The second-order valence-electron chi connectivity index (χ2n) is 5.41. The van der Waals surface area contributed by atoms with Gasteiger partial charge >= 0.3 is 0 Å². The van der Waals surface area contributed by atoms with Crippen molar-refractivity contribution < 1.29 is 18.8 Å². The fraction of sp³-hybridized carbons (Fsp3) is 0.211. The molecule has 8 heteroatoms. The maximum Gasteiger partial charge on any atom is 0.277 e. The van der Waals surface area contributed by atoms with Crippen LogP contribution in [0.25, 0.3) is 11.3 Å². The summed E-state index contributed by atoms with van der Waals surface area (Å²) >= 11 is 1.63. The Kier molecular flexibility index (Phi) is 5.97. The van der Waals surface area contributed by atoms with E-state index in [1.807, 2.05) is 6.07 Å². The normalized spacial score (nSPS) is 10.5. The molecule has 0 atom stereocenters. The second kappa shape index (κ2) is 8.59. The number of hydrogen-bond acceptors (Lipinski definition) is 7. The van der Waals surface area contributed by atoms with Gasteiger partial charge in [-0.15, -0.1) is 11.8 Å². The fourth-order valence-corrected chi connectivity index (χ4v) is 2.99. The third-order valence-corrected chi connectivity index (χ3v) is 4.53.